The number of nitrogens with one attached hydrogen (secondary N) is 2. The standard InChI is InChI=1S/C21H15N5O2S/c1-12-18-16(10-11-22-19(18)26-25-12)28-14-8-6-13(7-9-14)20(27)24-21-23-15-4-2-3-5-17(15)29-21/h2-11H,1H3,(H,22,25,26)(H,23,24,27). The summed E-state index contributed by atoms with van der Waals surface area (Å²) in [4.78, 5) is 21.2. The zero-order valence-electron chi connectivity index (χ0n) is 15.3. The van der Waals surface area contributed by atoms with Crippen molar-refractivity contribution in [1.82, 2.24) is 20.2 Å². The summed E-state index contributed by atoms with van der Waals surface area (Å²) in [6.45, 7) is 1.92. The van der Waals surface area contributed by atoms with E-state index in [1.807, 2.05) is 31.2 Å². The first-order valence-corrected chi connectivity index (χ1v) is 9.73. The third-order valence-electron chi connectivity index (χ3n) is 4.46. The van der Waals surface area contributed by atoms with E-state index in [9.17, 15) is 4.79 Å². The van der Waals surface area contributed by atoms with Crippen LogP contribution in [0.4, 0.5) is 5.13 Å². The van der Waals surface area contributed by atoms with Gasteiger partial charge in [-0.1, -0.05) is 23.5 Å². The van der Waals surface area contributed by atoms with E-state index >= 15 is 0 Å². The van der Waals surface area contributed by atoms with Gasteiger partial charge in [-0.25, -0.2) is 9.97 Å². The summed E-state index contributed by atoms with van der Waals surface area (Å²) in [7, 11) is 0. The molecule has 0 unspecified atom stereocenters. The first kappa shape index (κ1) is 17.3. The summed E-state index contributed by atoms with van der Waals surface area (Å²) >= 11 is 1.45. The molecule has 2 N–H and O–H groups in total. The Hall–Kier alpha value is -3.78. The van der Waals surface area contributed by atoms with Crippen molar-refractivity contribution < 1.29 is 9.53 Å². The molecule has 29 heavy (non-hydrogen) atoms. The van der Waals surface area contributed by atoms with Gasteiger partial charge < -0.3 is 4.74 Å². The van der Waals surface area contributed by atoms with Gasteiger partial charge >= 0.3 is 0 Å². The zero-order chi connectivity index (χ0) is 19.8. The summed E-state index contributed by atoms with van der Waals surface area (Å²) < 4.78 is 7.01. The number of amides is 1. The van der Waals surface area contributed by atoms with Gasteiger partial charge in [-0.3, -0.25) is 15.2 Å². The number of hydrogen-bond acceptors (Lipinski definition) is 6. The quantitative estimate of drug-likeness (QED) is 0.446. The Morgan fingerprint density at radius 3 is 2.76 bits per heavy atom. The molecule has 2 aromatic carbocycles. The summed E-state index contributed by atoms with van der Waals surface area (Å²) in [5, 5.41) is 11.3. The fraction of sp³-hybridized carbons (Fsp3) is 0.0476. The van der Waals surface area contributed by atoms with Gasteiger partial charge in [-0.05, 0) is 49.4 Å². The average Bonchev–Trinajstić information content (AvgIpc) is 3.32. The maximum atomic E-state index is 12.5. The van der Waals surface area contributed by atoms with Gasteiger partial charge in [0, 0.05) is 17.5 Å². The van der Waals surface area contributed by atoms with Crippen LogP contribution in [-0.2, 0) is 0 Å². The Morgan fingerprint density at radius 1 is 1.10 bits per heavy atom. The summed E-state index contributed by atoms with van der Waals surface area (Å²) in [6, 6.07) is 16.5. The van der Waals surface area contributed by atoms with Gasteiger partial charge in [0.2, 0.25) is 0 Å². The highest BCUT2D eigenvalue weighted by molar-refractivity contribution is 7.22. The largest absolute Gasteiger partial charge is 0.456 e. The molecule has 3 heterocycles. The number of carbonyl (C=O) groups is 1. The SMILES string of the molecule is Cc1[nH]nc2nccc(Oc3ccc(C(=O)Nc4nc5ccccc5s4)cc3)c12. The summed E-state index contributed by atoms with van der Waals surface area (Å²) in [6.07, 6.45) is 1.65. The summed E-state index contributed by atoms with van der Waals surface area (Å²) in [5.41, 5.74) is 2.88. The number of para-hydroxylation sites is 1. The number of aryl methyl sites for hydroxylation is 1. The van der Waals surface area contributed by atoms with Crippen LogP contribution in [0.1, 0.15) is 16.1 Å². The molecule has 142 valence electrons. The summed E-state index contributed by atoms with van der Waals surface area (Å²) in [5.74, 6) is 1.06. The van der Waals surface area contributed by atoms with Gasteiger partial charge in [0.05, 0.1) is 15.6 Å². The number of aromatic amines is 1. The molecule has 0 aliphatic heterocycles. The van der Waals surface area contributed by atoms with Crippen LogP contribution < -0.4 is 10.1 Å². The number of carbonyl (C=O) groups excluding carboxylic acids is 1. The topological polar surface area (TPSA) is 92.8 Å². The number of rotatable bonds is 4. The van der Waals surface area contributed by atoms with E-state index in [-0.39, 0.29) is 5.91 Å². The van der Waals surface area contributed by atoms with Crippen molar-refractivity contribution in [2.45, 2.75) is 6.92 Å². The highest BCUT2D eigenvalue weighted by Crippen LogP contribution is 2.30. The maximum absolute atomic E-state index is 12.5. The molecule has 0 saturated heterocycles. The lowest BCUT2D eigenvalue weighted by atomic mass is 10.2. The third kappa shape index (κ3) is 3.30. The molecule has 0 atom stereocenters. The zero-order valence-corrected chi connectivity index (χ0v) is 16.2. The lowest BCUT2D eigenvalue weighted by Gasteiger charge is -2.08. The second-order valence-electron chi connectivity index (χ2n) is 6.42. The molecule has 5 aromatic rings. The maximum Gasteiger partial charge on any atom is 0.257 e. The fourth-order valence-electron chi connectivity index (χ4n) is 3.04. The van der Waals surface area contributed by atoms with Crippen LogP contribution >= 0.6 is 11.3 Å². The van der Waals surface area contributed by atoms with Crippen LogP contribution in [0.2, 0.25) is 0 Å². The minimum absolute atomic E-state index is 0.215. The van der Waals surface area contributed by atoms with Crippen molar-refractivity contribution in [3.63, 3.8) is 0 Å². The van der Waals surface area contributed by atoms with Crippen molar-refractivity contribution in [1.29, 1.82) is 0 Å². The molecule has 0 aliphatic rings. The van der Waals surface area contributed by atoms with Gasteiger partial charge in [0.25, 0.3) is 5.91 Å². The lowest BCUT2D eigenvalue weighted by molar-refractivity contribution is 0.102. The van der Waals surface area contributed by atoms with Crippen LogP contribution in [0.3, 0.4) is 0 Å². The van der Waals surface area contributed by atoms with E-state index in [2.05, 4.69) is 25.5 Å². The number of nitrogens with zero attached hydrogens (tertiary/aromatic N) is 3. The molecule has 0 bridgehead atoms. The lowest BCUT2D eigenvalue weighted by Crippen LogP contribution is -2.11. The molecule has 0 saturated carbocycles. The van der Waals surface area contributed by atoms with Crippen molar-refractivity contribution >= 4 is 43.6 Å². The number of benzene rings is 2. The van der Waals surface area contributed by atoms with Crippen LogP contribution in [0.25, 0.3) is 21.3 Å². The van der Waals surface area contributed by atoms with E-state index in [1.54, 1.807) is 36.5 Å². The second kappa shape index (κ2) is 6.99. The van der Waals surface area contributed by atoms with Crippen molar-refractivity contribution in [3.8, 4) is 11.5 Å². The predicted molar refractivity (Wildman–Crippen MR) is 113 cm³/mol. The number of H-pyrrole nitrogens is 1. The normalized spacial score (nSPS) is 11.1. The first-order chi connectivity index (χ1) is 14.2. The van der Waals surface area contributed by atoms with Crippen molar-refractivity contribution in [3.05, 3.63) is 72.1 Å². The highest BCUT2D eigenvalue weighted by Gasteiger charge is 2.12. The number of ether oxygens (including phenoxy) is 1. The van der Waals surface area contributed by atoms with Crippen LogP contribution in [-0.4, -0.2) is 26.1 Å². The molecule has 1 amide bonds. The van der Waals surface area contributed by atoms with Crippen molar-refractivity contribution in [2.24, 2.45) is 0 Å². The van der Waals surface area contributed by atoms with E-state index < -0.39 is 0 Å². The molecule has 5 rings (SSSR count). The van der Waals surface area contributed by atoms with E-state index in [0.29, 0.717) is 27.8 Å². The molecular formula is C21H15N5O2S. The Labute approximate surface area is 169 Å². The highest BCUT2D eigenvalue weighted by atomic mass is 32.1. The van der Waals surface area contributed by atoms with Gasteiger partial charge in [-0.15, -0.1) is 0 Å². The molecule has 8 heteroatoms. The Bertz CT molecular complexity index is 1310. The van der Waals surface area contributed by atoms with E-state index in [4.69, 9.17) is 4.74 Å². The Morgan fingerprint density at radius 2 is 1.93 bits per heavy atom. The predicted octanol–water partition coefficient (Wildman–Crippen LogP) is 4.92. The molecule has 0 radical (unpaired) electrons. The number of hydrogen-bond donors (Lipinski definition) is 2. The number of anilines is 1. The van der Waals surface area contributed by atoms with Crippen LogP contribution in [0.5, 0.6) is 11.5 Å². The first-order valence-electron chi connectivity index (χ1n) is 8.92. The fourth-order valence-corrected chi connectivity index (χ4v) is 3.91. The Kier molecular flexibility index (Phi) is 4.18. The smallest absolute Gasteiger partial charge is 0.257 e. The second-order valence-corrected chi connectivity index (χ2v) is 7.45. The monoisotopic (exact) mass is 401 g/mol. The van der Waals surface area contributed by atoms with Gasteiger partial charge in [0.15, 0.2) is 10.8 Å². The minimum atomic E-state index is -0.215. The molecule has 0 fully saturated rings. The molecule has 0 aliphatic carbocycles. The number of pyridine rings is 1. The Balaban J connectivity index is 1.34. The van der Waals surface area contributed by atoms with Crippen LogP contribution in [0, 0.1) is 6.92 Å². The average molecular weight is 401 g/mol. The minimum Gasteiger partial charge on any atom is -0.456 e. The third-order valence-corrected chi connectivity index (χ3v) is 5.41. The molecule has 3 aromatic heterocycles. The van der Waals surface area contributed by atoms with E-state index in [1.165, 1.54) is 11.3 Å². The molecule has 7 nitrogen and oxygen atoms in total. The van der Waals surface area contributed by atoms with Gasteiger partial charge in [-0.2, -0.15) is 5.10 Å². The van der Waals surface area contributed by atoms with Crippen molar-refractivity contribution in [2.75, 3.05) is 5.32 Å². The number of fused-ring (bicyclic) bond motifs is 2. The number of thiazole rings is 1. The van der Waals surface area contributed by atoms with E-state index in [0.717, 1.165) is 21.3 Å². The number of aromatic nitrogens is 4. The van der Waals surface area contributed by atoms with Gasteiger partial charge in [0.1, 0.15) is 11.5 Å². The molecule has 0 spiro atoms. The van der Waals surface area contributed by atoms with Crippen LogP contribution in [0.15, 0.2) is 60.8 Å². The molecular weight excluding hydrogens is 386 g/mol.